The Bertz CT molecular complexity index is 705. The molecular formula is C24H26O. The van der Waals surface area contributed by atoms with Gasteiger partial charge in [0.05, 0.1) is 6.61 Å². The van der Waals surface area contributed by atoms with Crippen LogP contribution in [-0.4, -0.2) is 6.61 Å². The molecule has 0 heterocycles. The second kappa shape index (κ2) is 9.08. The Morgan fingerprint density at radius 2 is 1.16 bits per heavy atom. The van der Waals surface area contributed by atoms with Crippen molar-refractivity contribution in [3.8, 4) is 28.0 Å². The molecule has 1 heteroatoms. The summed E-state index contributed by atoms with van der Waals surface area (Å²) in [7, 11) is 0. The summed E-state index contributed by atoms with van der Waals surface area (Å²) in [6.45, 7) is 3.00. The van der Waals surface area contributed by atoms with Gasteiger partial charge in [0, 0.05) is 11.1 Å². The van der Waals surface area contributed by atoms with Crippen molar-refractivity contribution in [3.05, 3.63) is 78.9 Å². The van der Waals surface area contributed by atoms with Crippen LogP contribution in [0.2, 0.25) is 0 Å². The number of hydrogen-bond acceptors (Lipinski definition) is 1. The van der Waals surface area contributed by atoms with E-state index in [4.69, 9.17) is 4.74 Å². The van der Waals surface area contributed by atoms with Gasteiger partial charge in [0.15, 0.2) is 0 Å². The van der Waals surface area contributed by atoms with Crippen molar-refractivity contribution in [3.63, 3.8) is 0 Å². The molecule has 25 heavy (non-hydrogen) atoms. The molecule has 0 unspecified atom stereocenters. The van der Waals surface area contributed by atoms with Gasteiger partial charge in [-0.2, -0.15) is 0 Å². The molecule has 0 aliphatic rings. The number of rotatable bonds is 8. The van der Waals surface area contributed by atoms with Gasteiger partial charge in [0.25, 0.3) is 0 Å². The molecule has 3 rings (SSSR count). The molecule has 0 fully saturated rings. The molecule has 0 aliphatic heterocycles. The predicted octanol–water partition coefficient (Wildman–Crippen LogP) is 6.98. The van der Waals surface area contributed by atoms with E-state index in [0.717, 1.165) is 29.9 Å². The van der Waals surface area contributed by atoms with E-state index < -0.39 is 0 Å². The van der Waals surface area contributed by atoms with Crippen LogP contribution in [0, 0.1) is 0 Å². The molecule has 0 bridgehead atoms. The molecule has 0 atom stereocenters. The fourth-order valence-electron chi connectivity index (χ4n) is 3.09. The molecule has 0 spiro atoms. The van der Waals surface area contributed by atoms with Gasteiger partial charge in [-0.15, -0.1) is 0 Å². The highest BCUT2D eigenvalue weighted by molar-refractivity contribution is 5.82. The lowest BCUT2D eigenvalue weighted by Gasteiger charge is -2.16. The van der Waals surface area contributed by atoms with E-state index in [1.807, 2.05) is 0 Å². The van der Waals surface area contributed by atoms with Crippen LogP contribution in [0.1, 0.15) is 32.6 Å². The van der Waals surface area contributed by atoms with Crippen LogP contribution >= 0.6 is 0 Å². The largest absolute Gasteiger partial charge is 0.492 e. The van der Waals surface area contributed by atoms with Gasteiger partial charge >= 0.3 is 0 Å². The van der Waals surface area contributed by atoms with E-state index in [-0.39, 0.29) is 0 Å². The summed E-state index contributed by atoms with van der Waals surface area (Å²) in [5, 5.41) is 0. The normalized spacial score (nSPS) is 10.6. The minimum absolute atomic E-state index is 0.768. The monoisotopic (exact) mass is 330 g/mol. The smallest absolute Gasteiger partial charge is 0.134 e. The van der Waals surface area contributed by atoms with Crippen LogP contribution in [0.5, 0.6) is 5.75 Å². The lowest BCUT2D eigenvalue weighted by atomic mass is 9.97. The van der Waals surface area contributed by atoms with Crippen molar-refractivity contribution >= 4 is 0 Å². The number of para-hydroxylation sites is 1. The molecule has 0 amide bonds. The Morgan fingerprint density at radius 1 is 0.600 bits per heavy atom. The van der Waals surface area contributed by atoms with Gasteiger partial charge in [-0.1, -0.05) is 105 Å². The molecule has 0 aliphatic carbocycles. The lowest BCUT2D eigenvalue weighted by molar-refractivity contribution is 0.307. The van der Waals surface area contributed by atoms with Crippen LogP contribution < -0.4 is 4.74 Å². The third-order valence-electron chi connectivity index (χ3n) is 4.43. The Labute approximate surface area is 151 Å². The van der Waals surface area contributed by atoms with Gasteiger partial charge < -0.3 is 4.74 Å². The first kappa shape index (κ1) is 17.3. The van der Waals surface area contributed by atoms with Crippen LogP contribution in [0.3, 0.4) is 0 Å². The zero-order chi connectivity index (χ0) is 17.3. The van der Waals surface area contributed by atoms with E-state index in [0.29, 0.717) is 0 Å². The van der Waals surface area contributed by atoms with E-state index in [1.165, 1.54) is 30.4 Å². The highest BCUT2D eigenvalue weighted by atomic mass is 16.5. The Balaban J connectivity index is 1.95. The zero-order valence-corrected chi connectivity index (χ0v) is 14.9. The van der Waals surface area contributed by atoms with Crippen molar-refractivity contribution < 1.29 is 4.74 Å². The third kappa shape index (κ3) is 4.51. The fourth-order valence-corrected chi connectivity index (χ4v) is 3.09. The minimum Gasteiger partial charge on any atom is -0.492 e. The Kier molecular flexibility index (Phi) is 6.28. The molecule has 0 saturated carbocycles. The SMILES string of the molecule is CCCCCCOc1c(-c2ccccc2)cccc1-c1ccccc1. The summed E-state index contributed by atoms with van der Waals surface area (Å²) in [4.78, 5) is 0. The molecule has 1 nitrogen and oxygen atoms in total. The van der Waals surface area contributed by atoms with Crippen molar-refractivity contribution in [1.82, 2.24) is 0 Å². The first-order valence-corrected chi connectivity index (χ1v) is 9.27. The average Bonchev–Trinajstić information content (AvgIpc) is 2.69. The highest BCUT2D eigenvalue weighted by Gasteiger charge is 2.13. The fraction of sp³-hybridized carbons (Fsp3) is 0.250. The quantitative estimate of drug-likeness (QED) is 0.405. The maximum atomic E-state index is 6.32. The van der Waals surface area contributed by atoms with Crippen LogP contribution in [0.4, 0.5) is 0 Å². The standard InChI is InChI=1S/C24H26O/c1-2-3-4-11-19-25-24-22(20-13-7-5-8-14-20)17-12-18-23(24)21-15-9-6-10-16-21/h5-10,12-18H,2-4,11,19H2,1H3. The second-order valence-electron chi connectivity index (χ2n) is 6.32. The minimum atomic E-state index is 0.768. The Hall–Kier alpha value is -2.54. The van der Waals surface area contributed by atoms with Crippen LogP contribution in [0.25, 0.3) is 22.3 Å². The lowest BCUT2D eigenvalue weighted by Crippen LogP contribution is -2.01. The summed E-state index contributed by atoms with van der Waals surface area (Å²) in [5.41, 5.74) is 4.72. The first-order chi connectivity index (χ1) is 12.4. The van der Waals surface area contributed by atoms with E-state index in [1.54, 1.807) is 0 Å². The third-order valence-corrected chi connectivity index (χ3v) is 4.43. The van der Waals surface area contributed by atoms with E-state index in [9.17, 15) is 0 Å². The maximum Gasteiger partial charge on any atom is 0.134 e. The predicted molar refractivity (Wildman–Crippen MR) is 107 cm³/mol. The van der Waals surface area contributed by atoms with E-state index in [2.05, 4.69) is 85.8 Å². The molecule has 0 saturated heterocycles. The highest BCUT2D eigenvalue weighted by Crippen LogP contribution is 2.39. The molecule has 128 valence electrons. The molecule has 0 N–H and O–H groups in total. The summed E-state index contributed by atoms with van der Waals surface area (Å²) < 4.78 is 6.32. The van der Waals surface area contributed by atoms with Crippen molar-refractivity contribution in [2.75, 3.05) is 6.61 Å². The van der Waals surface area contributed by atoms with Gasteiger partial charge in [0.2, 0.25) is 0 Å². The van der Waals surface area contributed by atoms with E-state index >= 15 is 0 Å². The summed E-state index contributed by atoms with van der Waals surface area (Å²) in [5.74, 6) is 0.997. The first-order valence-electron chi connectivity index (χ1n) is 9.27. The average molecular weight is 330 g/mol. The summed E-state index contributed by atoms with van der Waals surface area (Å²) in [6.07, 6.45) is 4.85. The zero-order valence-electron chi connectivity index (χ0n) is 14.9. The number of hydrogen-bond donors (Lipinski definition) is 0. The maximum absolute atomic E-state index is 6.32. The molecular weight excluding hydrogens is 304 g/mol. The van der Waals surface area contributed by atoms with Crippen LogP contribution in [-0.2, 0) is 0 Å². The van der Waals surface area contributed by atoms with Gasteiger partial charge in [-0.05, 0) is 17.5 Å². The van der Waals surface area contributed by atoms with Gasteiger partial charge in [-0.3, -0.25) is 0 Å². The second-order valence-corrected chi connectivity index (χ2v) is 6.32. The number of unbranched alkanes of at least 4 members (excludes halogenated alkanes) is 3. The molecule has 0 aromatic heterocycles. The van der Waals surface area contributed by atoms with Crippen molar-refractivity contribution in [1.29, 1.82) is 0 Å². The molecule has 3 aromatic carbocycles. The van der Waals surface area contributed by atoms with Gasteiger partial charge in [0.1, 0.15) is 5.75 Å². The molecule has 0 radical (unpaired) electrons. The van der Waals surface area contributed by atoms with Crippen LogP contribution in [0.15, 0.2) is 78.9 Å². The van der Waals surface area contributed by atoms with Crippen molar-refractivity contribution in [2.45, 2.75) is 32.6 Å². The number of benzene rings is 3. The topological polar surface area (TPSA) is 9.23 Å². The summed E-state index contributed by atoms with van der Waals surface area (Å²) >= 11 is 0. The summed E-state index contributed by atoms with van der Waals surface area (Å²) in [6, 6.07) is 27.4. The Morgan fingerprint density at radius 3 is 1.68 bits per heavy atom. The van der Waals surface area contributed by atoms with Gasteiger partial charge in [-0.25, -0.2) is 0 Å². The van der Waals surface area contributed by atoms with Crippen molar-refractivity contribution in [2.24, 2.45) is 0 Å². The molecule has 3 aromatic rings. The number of ether oxygens (including phenoxy) is 1.